The molecule has 0 aliphatic carbocycles. The molecule has 0 spiro atoms. The third kappa shape index (κ3) is 13.9. The van der Waals surface area contributed by atoms with Crippen molar-refractivity contribution in [2.75, 3.05) is 0 Å². The molecule has 4 heavy (non-hydrogen) atoms. The van der Waals surface area contributed by atoms with Crippen LogP contribution in [0.4, 0.5) is 0 Å². The molecule has 0 rings (SSSR count). The van der Waals surface area contributed by atoms with E-state index in [1.165, 1.54) is 0 Å². The molecule has 0 heterocycles. The molecule has 0 atom stereocenters. The Labute approximate surface area is 46.6 Å². The van der Waals surface area contributed by atoms with E-state index < -0.39 is 0 Å². The Morgan fingerprint density at radius 1 is 1.75 bits per heavy atom. The summed E-state index contributed by atoms with van der Waals surface area (Å²) in [5, 5.41) is 0. The zero-order chi connectivity index (χ0) is 2.71. The van der Waals surface area contributed by atoms with E-state index in [4.69, 9.17) is 0 Å². The van der Waals surface area contributed by atoms with Crippen molar-refractivity contribution in [2.24, 2.45) is 0 Å². The summed E-state index contributed by atoms with van der Waals surface area (Å²) in [6, 6.07) is 0. The second-order valence-electron chi connectivity index (χ2n) is 0.134. The molecule has 0 aromatic rings. The van der Waals surface area contributed by atoms with Gasteiger partial charge in [0.25, 0.3) is 0 Å². The molecule has 0 amide bonds. The van der Waals surface area contributed by atoms with Gasteiger partial charge < -0.3 is 20.9 Å². The van der Waals surface area contributed by atoms with Crippen molar-refractivity contribution in [3.05, 3.63) is 11.6 Å². The van der Waals surface area contributed by atoms with E-state index in [1.54, 1.807) is 0 Å². The van der Waals surface area contributed by atoms with Crippen molar-refractivity contribution < 1.29 is 18.9 Å². The second-order valence-corrected chi connectivity index (χ2v) is 0.694. The molecular formula is C2H2BrLi. The van der Waals surface area contributed by atoms with Gasteiger partial charge in [-0.15, -0.1) is 0 Å². The van der Waals surface area contributed by atoms with Gasteiger partial charge in [-0.1, -0.05) is 0 Å². The summed E-state index contributed by atoms with van der Waals surface area (Å²) in [7, 11) is 0. The standard InChI is InChI=1S/C2H2Br.Li/c1-2-3;/h1H2;/q-1;+1. The second kappa shape index (κ2) is 9.17. The van der Waals surface area contributed by atoms with E-state index in [9.17, 15) is 0 Å². The minimum Gasteiger partial charge on any atom is -0.430 e. The molecule has 0 aliphatic heterocycles. The van der Waals surface area contributed by atoms with Crippen molar-refractivity contribution in [1.29, 1.82) is 0 Å². The van der Waals surface area contributed by atoms with Crippen LogP contribution in [0.1, 0.15) is 0 Å². The fourth-order valence-electron chi connectivity index (χ4n) is 0. The molecule has 18 valence electrons. The van der Waals surface area contributed by atoms with Gasteiger partial charge in [-0.05, 0) is 0 Å². The van der Waals surface area contributed by atoms with E-state index in [-0.39, 0.29) is 18.9 Å². The first-order valence-electron chi connectivity index (χ1n) is 0.543. The average molecular weight is 113 g/mol. The van der Waals surface area contributed by atoms with Gasteiger partial charge in [-0.25, -0.2) is 0 Å². The predicted molar refractivity (Wildman–Crippen MR) is 17.8 cm³/mol. The summed E-state index contributed by atoms with van der Waals surface area (Å²) in [5.41, 5.74) is 0. The zero-order valence-electron chi connectivity index (χ0n) is 2.59. The number of rotatable bonds is 0. The van der Waals surface area contributed by atoms with Crippen LogP contribution >= 0.6 is 15.9 Å². The fraction of sp³-hybridized carbons (Fsp3) is 0. The number of hydrogen-bond donors (Lipinski definition) is 0. The summed E-state index contributed by atoms with van der Waals surface area (Å²) in [6.45, 7) is 3.15. The van der Waals surface area contributed by atoms with Crippen molar-refractivity contribution in [3.63, 3.8) is 0 Å². The topological polar surface area (TPSA) is 0 Å². The molecule has 0 aliphatic rings. The molecule has 2 heteroatoms. The van der Waals surface area contributed by atoms with E-state index >= 15 is 0 Å². The molecule has 0 unspecified atom stereocenters. The van der Waals surface area contributed by atoms with Crippen LogP contribution < -0.4 is 18.9 Å². The summed E-state index contributed by atoms with van der Waals surface area (Å²) >= 11 is 2.78. The molecule has 0 saturated heterocycles. The van der Waals surface area contributed by atoms with Crippen LogP contribution in [0.2, 0.25) is 0 Å². The maximum Gasteiger partial charge on any atom is 1.00 e. The first-order chi connectivity index (χ1) is 1.41. The van der Waals surface area contributed by atoms with E-state index in [1.807, 2.05) is 0 Å². The van der Waals surface area contributed by atoms with Gasteiger partial charge in [-0.3, -0.25) is 6.58 Å². The largest absolute Gasteiger partial charge is 1.00 e. The van der Waals surface area contributed by atoms with Crippen LogP contribution in [-0.4, -0.2) is 0 Å². The molecule has 0 N–H and O–H groups in total. The SMILES string of the molecule is C=[C-]Br.[Li+]. The quantitative estimate of drug-likeness (QED) is 0.260. The first kappa shape index (κ1) is 8.84. The fourth-order valence-corrected chi connectivity index (χ4v) is 0. The van der Waals surface area contributed by atoms with E-state index in [0.717, 1.165) is 0 Å². The van der Waals surface area contributed by atoms with Gasteiger partial charge in [-0.2, -0.15) is 0 Å². The Morgan fingerprint density at radius 3 is 1.75 bits per heavy atom. The van der Waals surface area contributed by atoms with Gasteiger partial charge >= 0.3 is 18.9 Å². The van der Waals surface area contributed by atoms with Gasteiger partial charge in [0.2, 0.25) is 0 Å². The van der Waals surface area contributed by atoms with E-state index in [0.29, 0.717) is 0 Å². The average Bonchev–Trinajstić information content (AvgIpc) is 0.918. The zero-order valence-corrected chi connectivity index (χ0v) is 4.17. The summed E-state index contributed by atoms with van der Waals surface area (Å²) in [5.74, 6) is 0. The van der Waals surface area contributed by atoms with Crippen molar-refractivity contribution >= 4 is 15.9 Å². The minimum absolute atomic E-state index is 0. The van der Waals surface area contributed by atoms with Gasteiger partial charge in [0, 0.05) is 0 Å². The van der Waals surface area contributed by atoms with Crippen LogP contribution in [-0.2, 0) is 0 Å². The van der Waals surface area contributed by atoms with Gasteiger partial charge in [0.15, 0.2) is 0 Å². The Hall–Kier alpha value is 0.817. The summed E-state index contributed by atoms with van der Waals surface area (Å²) in [6.07, 6.45) is 0. The van der Waals surface area contributed by atoms with Crippen LogP contribution in [0.5, 0.6) is 0 Å². The Bertz CT molecular complexity index is 13.5. The van der Waals surface area contributed by atoms with Crippen LogP contribution in [0.3, 0.4) is 0 Å². The van der Waals surface area contributed by atoms with Crippen LogP contribution in [0.15, 0.2) is 6.58 Å². The maximum atomic E-state index is 3.15. The molecule has 0 bridgehead atoms. The Balaban J connectivity index is 0. The van der Waals surface area contributed by atoms with E-state index in [2.05, 4.69) is 27.5 Å². The molecular weight excluding hydrogens is 111 g/mol. The summed E-state index contributed by atoms with van der Waals surface area (Å²) < 4.78 is 0. The molecule has 0 nitrogen and oxygen atoms in total. The Kier molecular flexibility index (Phi) is 20.3. The molecule has 0 saturated carbocycles. The van der Waals surface area contributed by atoms with Crippen molar-refractivity contribution in [2.45, 2.75) is 0 Å². The van der Waals surface area contributed by atoms with Crippen molar-refractivity contribution in [3.8, 4) is 0 Å². The third-order valence-electron chi connectivity index (χ3n) is 0. The summed E-state index contributed by atoms with van der Waals surface area (Å²) in [4.78, 5) is 2.31. The van der Waals surface area contributed by atoms with Crippen LogP contribution in [0, 0.1) is 4.99 Å². The Morgan fingerprint density at radius 2 is 1.75 bits per heavy atom. The normalized spacial score (nSPS) is 3.25. The monoisotopic (exact) mass is 112 g/mol. The molecule has 0 radical (unpaired) electrons. The number of hydrogen-bond acceptors (Lipinski definition) is 0. The smallest absolute Gasteiger partial charge is 0.430 e. The number of halogens is 1. The molecule has 0 aromatic carbocycles. The predicted octanol–water partition coefficient (Wildman–Crippen LogP) is -1.67. The van der Waals surface area contributed by atoms with Crippen LogP contribution in [0.25, 0.3) is 0 Å². The van der Waals surface area contributed by atoms with Gasteiger partial charge in [0.1, 0.15) is 0 Å². The van der Waals surface area contributed by atoms with Gasteiger partial charge in [0.05, 0.1) is 0 Å². The maximum absolute atomic E-state index is 3.15. The third-order valence-corrected chi connectivity index (χ3v) is 0. The minimum atomic E-state index is 0. The van der Waals surface area contributed by atoms with Crippen molar-refractivity contribution in [1.82, 2.24) is 0 Å². The first-order valence-corrected chi connectivity index (χ1v) is 1.34. The molecule has 0 fully saturated rings. The molecule has 0 aromatic heterocycles.